The van der Waals surface area contributed by atoms with E-state index in [1.54, 1.807) is 7.11 Å². The summed E-state index contributed by atoms with van der Waals surface area (Å²) in [5.74, 6) is 0.149. The molecule has 0 spiro atoms. The molecule has 1 saturated carbocycles. The van der Waals surface area contributed by atoms with Crippen LogP contribution in [0.15, 0.2) is 0 Å². The highest BCUT2D eigenvalue weighted by Crippen LogP contribution is 2.20. The first-order chi connectivity index (χ1) is 12.5. The normalized spacial score (nSPS) is 15.5. The second kappa shape index (κ2) is 17.9. The molecule has 0 aromatic rings. The molecule has 0 amide bonds. The van der Waals surface area contributed by atoms with Crippen molar-refractivity contribution in [3.05, 3.63) is 0 Å². The Bertz CT molecular complexity index is 362. The van der Waals surface area contributed by atoms with Crippen molar-refractivity contribution in [2.24, 2.45) is 0 Å². The van der Waals surface area contributed by atoms with E-state index >= 15 is 0 Å². The van der Waals surface area contributed by atoms with Crippen LogP contribution in [0.25, 0.3) is 0 Å². The fraction of sp³-hybridized carbons (Fsp3) is 0.889. The lowest BCUT2D eigenvalue weighted by Gasteiger charge is -2.21. The molecule has 1 rings (SSSR count). The quantitative estimate of drug-likeness (QED) is 0.310. The van der Waals surface area contributed by atoms with Crippen LogP contribution in [0.2, 0.25) is 0 Å². The Morgan fingerprint density at radius 2 is 1.81 bits per heavy atom. The Labute approximate surface area is 168 Å². The van der Waals surface area contributed by atoms with E-state index in [0.717, 1.165) is 19.3 Å². The van der Waals surface area contributed by atoms with Gasteiger partial charge in [-0.1, -0.05) is 13.3 Å². The number of ether oxygens (including phenoxy) is 4. The number of hydrogen-bond acceptors (Lipinski definition) is 8. The summed E-state index contributed by atoms with van der Waals surface area (Å²) in [5.41, 5.74) is 0. The minimum absolute atomic E-state index is 0.0203. The largest absolute Gasteiger partial charge is 0.463 e. The summed E-state index contributed by atoms with van der Waals surface area (Å²) in [6.45, 7) is 3.20. The summed E-state index contributed by atoms with van der Waals surface area (Å²) in [6, 6.07) is 0. The van der Waals surface area contributed by atoms with Crippen LogP contribution >= 0.6 is 25.3 Å². The van der Waals surface area contributed by atoms with E-state index in [9.17, 15) is 9.59 Å². The fourth-order valence-electron chi connectivity index (χ4n) is 2.17. The van der Waals surface area contributed by atoms with Gasteiger partial charge in [-0.2, -0.15) is 25.3 Å². The molecule has 26 heavy (non-hydrogen) atoms. The third kappa shape index (κ3) is 15.8. The number of carbonyl (C=O) groups excluding carboxylic acids is 2. The Morgan fingerprint density at radius 1 is 1.12 bits per heavy atom. The summed E-state index contributed by atoms with van der Waals surface area (Å²) in [5, 5.41) is 0.109. The molecule has 1 unspecified atom stereocenters. The van der Waals surface area contributed by atoms with Crippen LogP contribution in [0.3, 0.4) is 0 Å². The number of thiol groups is 2. The predicted molar refractivity (Wildman–Crippen MR) is 108 cm³/mol. The molecule has 6 nitrogen and oxygen atoms in total. The van der Waals surface area contributed by atoms with Gasteiger partial charge in [0.1, 0.15) is 19.3 Å². The maximum Gasteiger partial charge on any atom is 0.332 e. The third-order valence-corrected chi connectivity index (χ3v) is 4.46. The molecule has 154 valence electrons. The molecule has 0 aromatic carbocycles. The molecule has 0 saturated heterocycles. The van der Waals surface area contributed by atoms with E-state index < -0.39 is 0 Å². The SMILES string of the molecule is CCC(S)COC(=O)COCCOC.O=C(CCS)OC1CCCCC1. The van der Waals surface area contributed by atoms with Crippen molar-refractivity contribution in [2.75, 3.05) is 39.3 Å². The molecular formula is C18H34O6S2. The zero-order valence-corrected chi connectivity index (χ0v) is 17.8. The average Bonchev–Trinajstić information content (AvgIpc) is 2.65. The van der Waals surface area contributed by atoms with Gasteiger partial charge in [0.25, 0.3) is 0 Å². The van der Waals surface area contributed by atoms with Gasteiger partial charge in [-0.15, -0.1) is 0 Å². The summed E-state index contributed by atoms with van der Waals surface area (Å²) < 4.78 is 19.9. The molecule has 8 heteroatoms. The highest BCUT2D eigenvalue weighted by Gasteiger charge is 2.16. The van der Waals surface area contributed by atoms with Gasteiger partial charge < -0.3 is 18.9 Å². The summed E-state index contributed by atoms with van der Waals surface area (Å²) in [7, 11) is 1.58. The summed E-state index contributed by atoms with van der Waals surface area (Å²) >= 11 is 8.17. The number of methoxy groups -OCH3 is 1. The molecule has 0 bridgehead atoms. The lowest BCUT2D eigenvalue weighted by Crippen LogP contribution is -2.20. The van der Waals surface area contributed by atoms with Gasteiger partial charge >= 0.3 is 11.9 Å². The van der Waals surface area contributed by atoms with Crippen molar-refractivity contribution >= 4 is 37.2 Å². The smallest absolute Gasteiger partial charge is 0.332 e. The molecule has 1 aliphatic carbocycles. The summed E-state index contributed by atoms with van der Waals surface area (Å²) in [4.78, 5) is 22.0. The zero-order chi connectivity index (χ0) is 19.6. The molecular weight excluding hydrogens is 376 g/mol. The van der Waals surface area contributed by atoms with Crippen molar-refractivity contribution in [3.63, 3.8) is 0 Å². The average molecular weight is 411 g/mol. The minimum Gasteiger partial charge on any atom is -0.463 e. The maximum absolute atomic E-state index is 11.0. The number of rotatable bonds is 11. The lowest BCUT2D eigenvalue weighted by molar-refractivity contribution is -0.150. The van der Waals surface area contributed by atoms with Crippen LogP contribution in [0.4, 0.5) is 0 Å². The van der Waals surface area contributed by atoms with Crippen molar-refractivity contribution in [3.8, 4) is 0 Å². The fourth-order valence-corrected chi connectivity index (χ4v) is 2.42. The molecule has 0 aliphatic heterocycles. The molecule has 1 atom stereocenters. The second-order valence-electron chi connectivity index (χ2n) is 6.01. The molecule has 0 aromatic heterocycles. The van der Waals surface area contributed by atoms with E-state index in [2.05, 4.69) is 25.3 Å². The van der Waals surface area contributed by atoms with Crippen LogP contribution in [0.1, 0.15) is 51.9 Å². The first-order valence-electron chi connectivity index (χ1n) is 9.24. The van der Waals surface area contributed by atoms with Crippen molar-refractivity contribution < 1.29 is 28.5 Å². The minimum atomic E-state index is -0.353. The van der Waals surface area contributed by atoms with E-state index in [0.29, 0.717) is 32.0 Å². The maximum atomic E-state index is 11.0. The highest BCUT2D eigenvalue weighted by atomic mass is 32.1. The standard InChI is InChI=1S/C9H18O4S.C9H16O2S/c1-3-8(14)6-13-9(10)7-12-5-4-11-2;10-9(6-7-12)11-8-4-2-1-3-5-8/h8,14H,3-7H2,1-2H3;8,12H,1-7H2. The first kappa shape index (κ1) is 25.6. The van der Waals surface area contributed by atoms with E-state index in [-0.39, 0.29) is 29.9 Å². The van der Waals surface area contributed by atoms with Gasteiger partial charge in [-0.3, -0.25) is 4.79 Å². The molecule has 0 N–H and O–H groups in total. The molecule has 1 aliphatic rings. The van der Waals surface area contributed by atoms with Gasteiger partial charge in [-0.05, 0) is 32.1 Å². The Morgan fingerprint density at radius 3 is 2.38 bits per heavy atom. The Hall–Kier alpha value is -0.440. The van der Waals surface area contributed by atoms with Gasteiger partial charge in [0.15, 0.2) is 0 Å². The molecule has 1 fully saturated rings. The molecule has 0 heterocycles. The van der Waals surface area contributed by atoms with Gasteiger partial charge in [0, 0.05) is 18.1 Å². The highest BCUT2D eigenvalue weighted by molar-refractivity contribution is 7.81. The van der Waals surface area contributed by atoms with Crippen molar-refractivity contribution in [1.29, 1.82) is 0 Å². The lowest BCUT2D eigenvalue weighted by atomic mass is 9.98. The summed E-state index contributed by atoms with van der Waals surface area (Å²) in [6.07, 6.45) is 7.33. The monoisotopic (exact) mass is 410 g/mol. The van der Waals surface area contributed by atoms with Crippen molar-refractivity contribution in [1.82, 2.24) is 0 Å². The topological polar surface area (TPSA) is 71.1 Å². The Balaban J connectivity index is 0.000000485. The number of hydrogen-bond donors (Lipinski definition) is 2. The third-order valence-electron chi connectivity index (χ3n) is 3.73. The predicted octanol–water partition coefficient (Wildman–Crippen LogP) is 3.08. The van der Waals surface area contributed by atoms with E-state index in [1.165, 1.54) is 19.3 Å². The first-order valence-corrected chi connectivity index (χ1v) is 10.4. The number of esters is 2. The van der Waals surface area contributed by atoms with Crippen LogP contribution in [0, 0.1) is 0 Å². The molecule has 0 radical (unpaired) electrons. The van der Waals surface area contributed by atoms with Crippen LogP contribution < -0.4 is 0 Å². The second-order valence-corrected chi connectivity index (χ2v) is 7.19. The van der Waals surface area contributed by atoms with Crippen molar-refractivity contribution in [2.45, 2.75) is 63.2 Å². The number of carbonyl (C=O) groups is 2. The van der Waals surface area contributed by atoms with Crippen LogP contribution in [-0.4, -0.2) is 62.6 Å². The zero-order valence-electron chi connectivity index (χ0n) is 16.0. The van der Waals surface area contributed by atoms with Gasteiger partial charge in [0.05, 0.1) is 19.6 Å². The van der Waals surface area contributed by atoms with E-state index in [4.69, 9.17) is 18.9 Å². The van der Waals surface area contributed by atoms with E-state index in [1.807, 2.05) is 6.92 Å². The van der Waals surface area contributed by atoms with Crippen LogP contribution in [0.5, 0.6) is 0 Å². The Kier molecular flexibility index (Phi) is 17.6. The van der Waals surface area contributed by atoms with Gasteiger partial charge in [-0.25, -0.2) is 4.79 Å². The van der Waals surface area contributed by atoms with Gasteiger partial charge in [0.2, 0.25) is 0 Å². The van der Waals surface area contributed by atoms with Crippen LogP contribution in [-0.2, 0) is 28.5 Å².